The molecule has 0 radical (unpaired) electrons. The molecule has 0 saturated carbocycles. The van der Waals surface area contributed by atoms with Crippen LogP contribution in [0.25, 0.3) is 0 Å². The van der Waals surface area contributed by atoms with E-state index in [0.29, 0.717) is 10.9 Å². The zero-order valence-electron chi connectivity index (χ0n) is 10.2. The minimum atomic E-state index is -0.252. The van der Waals surface area contributed by atoms with Crippen LogP contribution >= 0.6 is 15.9 Å². The van der Waals surface area contributed by atoms with Crippen molar-refractivity contribution in [3.63, 3.8) is 0 Å². The first-order chi connectivity index (χ1) is 7.39. The van der Waals surface area contributed by atoms with Gasteiger partial charge in [-0.15, -0.1) is 0 Å². The number of amides is 1. The number of nitrogens with zero attached hydrogens (tertiary/aromatic N) is 2. The molecule has 1 heterocycles. The monoisotopic (exact) mass is 287 g/mol. The predicted molar refractivity (Wildman–Crippen MR) is 67.9 cm³/mol. The van der Waals surface area contributed by atoms with Gasteiger partial charge in [0.05, 0.1) is 11.3 Å². The number of hydrogen-bond donors (Lipinski definition) is 1. The molecule has 1 rings (SSSR count). The number of rotatable bonds is 4. The Balaban J connectivity index is 2.88. The summed E-state index contributed by atoms with van der Waals surface area (Å²) in [6, 6.07) is 0. The molecular formula is C11H18BrN3O. The van der Waals surface area contributed by atoms with E-state index in [-0.39, 0.29) is 11.4 Å². The molecule has 1 amide bonds. The smallest absolute Gasteiger partial charge is 0.255 e. The summed E-state index contributed by atoms with van der Waals surface area (Å²) in [4.78, 5) is 12.0. The molecule has 16 heavy (non-hydrogen) atoms. The molecule has 0 aliphatic heterocycles. The molecule has 0 aliphatic carbocycles. The second kappa shape index (κ2) is 4.99. The Morgan fingerprint density at radius 3 is 2.75 bits per heavy atom. The number of aryl methyl sites for hydroxylation is 2. The van der Waals surface area contributed by atoms with Crippen molar-refractivity contribution in [2.24, 2.45) is 7.05 Å². The molecule has 0 aromatic carbocycles. The second-order valence-corrected chi connectivity index (χ2v) is 5.05. The highest BCUT2D eigenvalue weighted by Crippen LogP contribution is 2.11. The van der Waals surface area contributed by atoms with Crippen LogP contribution in [0.15, 0.2) is 6.20 Å². The quantitative estimate of drug-likeness (QED) is 0.860. The standard InChI is InChI=1S/C11H18BrN3O/c1-5-9-8(6-15(4)14-9)10(16)13-11(2,3)7-12/h6H,5,7H2,1-4H3,(H,13,16). The maximum absolute atomic E-state index is 12.0. The van der Waals surface area contributed by atoms with Crippen LogP contribution in [0.3, 0.4) is 0 Å². The molecule has 0 unspecified atom stereocenters. The average molecular weight is 288 g/mol. The summed E-state index contributed by atoms with van der Waals surface area (Å²) in [5.41, 5.74) is 1.25. The average Bonchev–Trinajstić information content (AvgIpc) is 2.59. The van der Waals surface area contributed by atoms with Crippen molar-refractivity contribution >= 4 is 21.8 Å². The Labute approximate surface area is 105 Å². The highest BCUT2D eigenvalue weighted by molar-refractivity contribution is 9.09. The molecule has 4 nitrogen and oxygen atoms in total. The molecule has 0 atom stereocenters. The fraction of sp³-hybridized carbons (Fsp3) is 0.636. The van der Waals surface area contributed by atoms with Crippen LogP contribution in [0.5, 0.6) is 0 Å². The van der Waals surface area contributed by atoms with E-state index in [1.54, 1.807) is 10.9 Å². The number of nitrogens with one attached hydrogen (secondary N) is 1. The van der Waals surface area contributed by atoms with Crippen LogP contribution in [-0.4, -0.2) is 26.6 Å². The summed E-state index contributed by atoms with van der Waals surface area (Å²) in [5, 5.41) is 7.94. The second-order valence-electron chi connectivity index (χ2n) is 4.49. The third-order valence-electron chi connectivity index (χ3n) is 2.27. The van der Waals surface area contributed by atoms with Crippen molar-refractivity contribution in [3.8, 4) is 0 Å². The highest BCUT2D eigenvalue weighted by Gasteiger charge is 2.22. The molecule has 0 aliphatic rings. The molecule has 5 heteroatoms. The molecule has 0 saturated heterocycles. The Kier molecular flexibility index (Phi) is 4.13. The molecular weight excluding hydrogens is 270 g/mol. The Morgan fingerprint density at radius 2 is 2.25 bits per heavy atom. The van der Waals surface area contributed by atoms with Gasteiger partial charge in [-0.2, -0.15) is 5.10 Å². The van der Waals surface area contributed by atoms with Gasteiger partial charge in [-0.1, -0.05) is 22.9 Å². The van der Waals surface area contributed by atoms with E-state index in [2.05, 4.69) is 26.3 Å². The summed E-state index contributed by atoms with van der Waals surface area (Å²) < 4.78 is 1.68. The summed E-state index contributed by atoms with van der Waals surface area (Å²) in [5.74, 6) is -0.0607. The van der Waals surface area contributed by atoms with E-state index in [4.69, 9.17) is 0 Å². The number of aromatic nitrogens is 2. The molecule has 1 aromatic heterocycles. The zero-order chi connectivity index (χ0) is 12.3. The SMILES string of the molecule is CCc1nn(C)cc1C(=O)NC(C)(C)CBr. The summed E-state index contributed by atoms with van der Waals surface area (Å²) in [6.45, 7) is 5.94. The normalized spacial score (nSPS) is 11.6. The maximum Gasteiger partial charge on any atom is 0.255 e. The predicted octanol–water partition coefficient (Wildman–Crippen LogP) is 1.89. The van der Waals surface area contributed by atoms with Crippen molar-refractivity contribution in [2.45, 2.75) is 32.7 Å². The van der Waals surface area contributed by atoms with Gasteiger partial charge in [0.25, 0.3) is 5.91 Å². The number of hydrogen-bond acceptors (Lipinski definition) is 2. The third-order valence-corrected chi connectivity index (χ3v) is 3.67. The van der Waals surface area contributed by atoms with E-state index in [1.165, 1.54) is 0 Å². The van der Waals surface area contributed by atoms with Crippen molar-refractivity contribution in [3.05, 3.63) is 17.5 Å². The van der Waals surface area contributed by atoms with E-state index >= 15 is 0 Å². The lowest BCUT2D eigenvalue weighted by atomic mass is 10.1. The maximum atomic E-state index is 12.0. The first-order valence-corrected chi connectivity index (χ1v) is 6.42. The lowest BCUT2D eigenvalue weighted by Crippen LogP contribution is -2.44. The van der Waals surface area contributed by atoms with Crippen LogP contribution in [0, 0.1) is 0 Å². The van der Waals surface area contributed by atoms with Gasteiger partial charge in [0.15, 0.2) is 0 Å². The highest BCUT2D eigenvalue weighted by atomic mass is 79.9. The number of alkyl halides is 1. The summed E-state index contributed by atoms with van der Waals surface area (Å²) in [6.07, 6.45) is 2.52. The Hall–Kier alpha value is -0.840. The minimum absolute atomic E-state index is 0.0607. The fourth-order valence-electron chi connectivity index (χ4n) is 1.39. The number of carbonyl (C=O) groups is 1. The van der Waals surface area contributed by atoms with Crippen LogP contribution in [0.1, 0.15) is 36.8 Å². The van der Waals surface area contributed by atoms with E-state index in [1.807, 2.05) is 27.8 Å². The van der Waals surface area contributed by atoms with Gasteiger partial charge in [-0.25, -0.2) is 0 Å². The topological polar surface area (TPSA) is 46.9 Å². The largest absolute Gasteiger partial charge is 0.346 e. The van der Waals surface area contributed by atoms with Crippen LogP contribution in [0.2, 0.25) is 0 Å². The lowest BCUT2D eigenvalue weighted by Gasteiger charge is -2.23. The van der Waals surface area contributed by atoms with E-state index in [9.17, 15) is 4.79 Å². The summed E-state index contributed by atoms with van der Waals surface area (Å²) >= 11 is 3.38. The number of halogens is 1. The van der Waals surface area contributed by atoms with Crippen molar-refractivity contribution in [1.29, 1.82) is 0 Å². The fourth-order valence-corrected chi connectivity index (χ4v) is 1.53. The molecule has 90 valence electrons. The van der Waals surface area contributed by atoms with Crippen molar-refractivity contribution in [2.75, 3.05) is 5.33 Å². The van der Waals surface area contributed by atoms with Crippen molar-refractivity contribution in [1.82, 2.24) is 15.1 Å². The van der Waals surface area contributed by atoms with Gasteiger partial charge >= 0.3 is 0 Å². The van der Waals surface area contributed by atoms with Gasteiger partial charge in [-0.3, -0.25) is 9.48 Å². The van der Waals surface area contributed by atoms with Crippen LogP contribution in [0.4, 0.5) is 0 Å². The first kappa shape index (κ1) is 13.2. The van der Waals surface area contributed by atoms with Crippen LogP contribution in [-0.2, 0) is 13.5 Å². The van der Waals surface area contributed by atoms with Gasteiger partial charge in [0, 0.05) is 24.1 Å². The lowest BCUT2D eigenvalue weighted by molar-refractivity contribution is 0.0920. The van der Waals surface area contributed by atoms with E-state index in [0.717, 1.165) is 12.1 Å². The van der Waals surface area contributed by atoms with Gasteiger partial charge in [0.1, 0.15) is 0 Å². The van der Waals surface area contributed by atoms with Crippen molar-refractivity contribution < 1.29 is 4.79 Å². The van der Waals surface area contributed by atoms with Crippen LogP contribution < -0.4 is 5.32 Å². The first-order valence-electron chi connectivity index (χ1n) is 5.30. The molecule has 0 spiro atoms. The van der Waals surface area contributed by atoms with Gasteiger partial charge < -0.3 is 5.32 Å². The molecule has 0 bridgehead atoms. The molecule has 0 fully saturated rings. The Morgan fingerprint density at radius 1 is 1.62 bits per heavy atom. The minimum Gasteiger partial charge on any atom is -0.346 e. The Bertz CT molecular complexity index is 385. The molecule has 1 aromatic rings. The van der Waals surface area contributed by atoms with E-state index < -0.39 is 0 Å². The summed E-state index contributed by atoms with van der Waals surface area (Å²) in [7, 11) is 1.82. The molecule has 1 N–H and O–H groups in total. The van der Waals surface area contributed by atoms with Gasteiger partial charge in [-0.05, 0) is 20.3 Å². The third kappa shape index (κ3) is 3.07. The zero-order valence-corrected chi connectivity index (χ0v) is 11.8. The number of carbonyl (C=O) groups excluding carboxylic acids is 1. The van der Waals surface area contributed by atoms with Gasteiger partial charge in [0.2, 0.25) is 0 Å².